The average molecular weight is 364 g/mol. The lowest BCUT2D eigenvalue weighted by molar-refractivity contribution is -0.138. The van der Waals surface area contributed by atoms with Crippen LogP contribution in [0.3, 0.4) is 0 Å². The van der Waals surface area contributed by atoms with Crippen molar-refractivity contribution in [2.75, 3.05) is 7.11 Å². The molecule has 1 aliphatic carbocycles. The van der Waals surface area contributed by atoms with E-state index in [9.17, 15) is 18.0 Å². The largest absolute Gasteiger partial charge is 0.496 e. The monoisotopic (exact) mass is 363 g/mol. The maximum Gasteiger partial charge on any atom is 0.416 e. The van der Waals surface area contributed by atoms with Crippen molar-refractivity contribution in [2.45, 2.75) is 37.4 Å². The van der Waals surface area contributed by atoms with Gasteiger partial charge >= 0.3 is 6.18 Å². The molecule has 0 amide bonds. The molecule has 21 heavy (non-hydrogen) atoms. The van der Waals surface area contributed by atoms with Crippen LogP contribution in [0.2, 0.25) is 0 Å². The second kappa shape index (κ2) is 5.81. The first-order chi connectivity index (χ1) is 9.84. The topological polar surface area (TPSA) is 38.7 Å². The lowest BCUT2D eigenvalue weighted by Crippen LogP contribution is -2.24. The van der Waals surface area contributed by atoms with Gasteiger partial charge in [0.05, 0.1) is 22.7 Å². The molecular formula is C14H13BrF3NO2. The van der Waals surface area contributed by atoms with Gasteiger partial charge in [0.15, 0.2) is 0 Å². The number of ether oxygens (including phenoxy) is 1. The third kappa shape index (κ3) is 2.99. The van der Waals surface area contributed by atoms with E-state index in [0.717, 1.165) is 18.9 Å². The lowest BCUT2D eigenvalue weighted by atomic mass is 9.85. The van der Waals surface area contributed by atoms with Crippen LogP contribution in [-0.2, 0) is 16.5 Å². The molecule has 0 saturated heterocycles. The molecule has 1 aliphatic rings. The van der Waals surface area contributed by atoms with Crippen LogP contribution in [0.1, 0.15) is 36.8 Å². The molecule has 0 aliphatic heterocycles. The maximum atomic E-state index is 13.3. The Hall–Kier alpha value is -1.33. The Morgan fingerprint density at radius 2 is 1.95 bits per heavy atom. The van der Waals surface area contributed by atoms with Gasteiger partial charge < -0.3 is 4.74 Å². The smallest absolute Gasteiger partial charge is 0.416 e. The number of benzene rings is 1. The molecule has 1 fully saturated rings. The molecule has 3 nitrogen and oxygen atoms in total. The molecule has 0 heterocycles. The van der Waals surface area contributed by atoms with Gasteiger partial charge in [-0.3, -0.25) is 0 Å². The Morgan fingerprint density at radius 3 is 2.43 bits per heavy atom. The quantitative estimate of drug-likeness (QED) is 0.582. The summed E-state index contributed by atoms with van der Waals surface area (Å²) in [5.41, 5.74) is -1.95. The molecule has 0 radical (unpaired) electrons. The zero-order valence-electron chi connectivity index (χ0n) is 11.3. The number of aliphatic imine (C=N–C) groups is 1. The minimum atomic E-state index is -4.54. The molecule has 0 spiro atoms. The average Bonchev–Trinajstić information content (AvgIpc) is 2.87. The minimum absolute atomic E-state index is 0.00326. The summed E-state index contributed by atoms with van der Waals surface area (Å²) < 4.78 is 45.4. The van der Waals surface area contributed by atoms with Crippen LogP contribution in [0.5, 0.6) is 5.75 Å². The number of carbonyl (C=O) groups excluding carboxylic acids is 1. The minimum Gasteiger partial charge on any atom is -0.496 e. The van der Waals surface area contributed by atoms with Crippen LogP contribution in [0.4, 0.5) is 13.2 Å². The second-order valence-electron chi connectivity index (χ2n) is 4.97. The SMILES string of the molecule is COc1cc(C(F)(F)F)c(C2(N=C=O)CCCC2)cc1Br. The van der Waals surface area contributed by atoms with E-state index < -0.39 is 17.3 Å². The van der Waals surface area contributed by atoms with E-state index in [0.29, 0.717) is 17.3 Å². The Morgan fingerprint density at radius 1 is 1.33 bits per heavy atom. The van der Waals surface area contributed by atoms with Crippen molar-refractivity contribution >= 4 is 22.0 Å². The van der Waals surface area contributed by atoms with Crippen LogP contribution < -0.4 is 4.74 Å². The fourth-order valence-corrected chi connectivity index (χ4v) is 3.32. The number of rotatable bonds is 3. The van der Waals surface area contributed by atoms with Crippen LogP contribution in [0.15, 0.2) is 21.6 Å². The Bertz CT molecular complexity index is 589. The molecule has 0 bridgehead atoms. The van der Waals surface area contributed by atoms with E-state index in [-0.39, 0.29) is 11.3 Å². The first kappa shape index (κ1) is 16.0. The van der Waals surface area contributed by atoms with Crippen LogP contribution in [0.25, 0.3) is 0 Å². The summed E-state index contributed by atoms with van der Waals surface area (Å²) in [6.45, 7) is 0. The van der Waals surface area contributed by atoms with Gasteiger partial charge in [0, 0.05) is 0 Å². The normalized spacial score (nSPS) is 17.4. The van der Waals surface area contributed by atoms with E-state index in [1.165, 1.54) is 19.3 Å². The first-order valence-corrected chi connectivity index (χ1v) is 7.17. The predicted octanol–water partition coefficient (Wildman–Crippen LogP) is 4.58. The molecule has 1 aromatic rings. The molecular weight excluding hydrogens is 351 g/mol. The molecule has 0 atom stereocenters. The summed E-state index contributed by atoms with van der Waals surface area (Å²) >= 11 is 3.20. The number of hydrogen-bond acceptors (Lipinski definition) is 3. The summed E-state index contributed by atoms with van der Waals surface area (Å²) in [6, 6.07) is 2.30. The van der Waals surface area contributed by atoms with E-state index in [1.54, 1.807) is 0 Å². The van der Waals surface area contributed by atoms with Crippen molar-refractivity contribution < 1.29 is 22.7 Å². The second-order valence-corrected chi connectivity index (χ2v) is 5.83. The van der Waals surface area contributed by atoms with Crippen molar-refractivity contribution in [3.05, 3.63) is 27.7 Å². The number of hydrogen-bond donors (Lipinski definition) is 0. The molecule has 0 N–H and O–H groups in total. The van der Waals surface area contributed by atoms with E-state index in [2.05, 4.69) is 20.9 Å². The highest BCUT2D eigenvalue weighted by Crippen LogP contribution is 2.49. The predicted molar refractivity (Wildman–Crippen MR) is 74.0 cm³/mol. The fourth-order valence-electron chi connectivity index (χ4n) is 2.82. The number of halogens is 4. The molecule has 0 unspecified atom stereocenters. The highest BCUT2D eigenvalue weighted by Gasteiger charge is 2.44. The summed E-state index contributed by atoms with van der Waals surface area (Å²) in [7, 11) is 1.30. The van der Waals surface area contributed by atoms with Gasteiger partial charge in [-0.15, -0.1) is 0 Å². The zero-order chi connectivity index (χ0) is 15.7. The molecule has 7 heteroatoms. The van der Waals surface area contributed by atoms with E-state index in [1.807, 2.05) is 0 Å². The van der Waals surface area contributed by atoms with Gasteiger partial charge in [0.2, 0.25) is 6.08 Å². The standard InChI is InChI=1S/C14H13BrF3NO2/c1-21-12-7-10(14(16,17)18)9(6-11(12)15)13(19-8-20)4-2-3-5-13/h6-7H,2-5H2,1H3. The summed E-state index contributed by atoms with van der Waals surface area (Å²) in [5, 5.41) is 0. The van der Waals surface area contributed by atoms with Crippen LogP contribution in [-0.4, -0.2) is 13.2 Å². The lowest BCUT2D eigenvalue weighted by Gasteiger charge is -2.27. The Balaban J connectivity index is 2.71. The van der Waals surface area contributed by atoms with Crippen molar-refractivity contribution in [3.8, 4) is 5.75 Å². The molecule has 2 rings (SSSR count). The Labute approximate surface area is 128 Å². The van der Waals surface area contributed by atoms with Gasteiger partial charge in [-0.05, 0) is 46.5 Å². The third-order valence-corrected chi connectivity index (χ3v) is 4.41. The molecule has 114 valence electrons. The first-order valence-electron chi connectivity index (χ1n) is 6.38. The van der Waals surface area contributed by atoms with Gasteiger partial charge in [0.1, 0.15) is 5.75 Å². The molecule has 1 aromatic carbocycles. The van der Waals surface area contributed by atoms with Crippen molar-refractivity contribution in [2.24, 2.45) is 4.99 Å². The highest BCUT2D eigenvalue weighted by atomic mass is 79.9. The number of methoxy groups -OCH3 is 1. The van der Waals surface area contributed by atoms with Gasteiger partial charge in [-0.2, -0.15) is 18.2 Å². The van der Waals surface area contributed by atoms with Crippen molar-refractivity contribution in [3.63, 3.8) is 0 Å². The molecule has 1 saturated carbocycles. The summed E-state index contributed by atoms with van der Waals surface area (Å²) in [6.07, 6.45) is -0.837. The maximum absolute atomic E-state index is 13.3. The van der Waals surface area contributed by atoms with Crippen molar-refractivity contribution in [1.82, 2.24) is 0 Å². The zero-order valence-corrected chi connectivity index (χ0v) is 12.8. The van der Waals surface area contributed by atoms with Gasteiger partial charge in [-0.1, -0.05) is 12.8 Å². The van der Waals surface area contributed by atoms with Gasteiger partial charge in [-0.25, -0.2) is 4.79 Å². The number of isocyanates is 1. The summed E-state index contributed by atoms with van der Waals surface area (Å²) in [5.74, 6) is 0.0919. The number of nitrogens with zero attached hydrogens (tertiary/aromatic N) is 1. The third-order valence-electron chi connectivity index (χ3n) is 3.79. The van der Waals surface area contributed by atoms with Gasteiger partial charge in [0.25, 0.3) is 0 Å². The fraction of sp³-hybridized carbons (Fsp3) is 0.500. The van der Waals surface area contributed by atoms with Crippen molar-refractivity contribution in [1.29, 1.82) is 0 Å². The van der Waals surface area contributed by atoms with E-state index >= 15 is 0 Å². The molecule has 0 aromatic heterocycles. The number of alkyl halides is 3. The highest BCUT2D eigenvalue weighted by molar-refractivity contribution is 9.10. The Kier molecular flexibility index (Phi) is 4.44. The van der Waals surface area contributed by atoms with Crippen LogP contribution >= 0.6 is 15.9 Å². The summed E-state index contributed by atoms with van der Waals surface area (Å²) in [4.78, 5) is 14.4. The van der Waals surface area contributed by atoms with E-state index in [4.69, 9.17) is 4.74 Å². The van der Waals surface area contributed by atoms with Crippen LogP contribution in [0, 0.1) is 0 Å².